The Morgan fingerprint density at radius 3 is 2.83 bits per heavy atom. The van der Waals surface area contributed by atoms with Crippen LogP contribution in [0.3, 0.4) is 0 Å². The van der Waals surface area contributed by atoms with E-state index in [0.717, 1.165) is 12.8 Å². The molecule has 0 aliphatic carbocycles. The molecule has 0 atom stereocenters. The number of thiocarbonyl (C=S) groups is 1. The molecule has 0 spiro atoms. The van der Waals surface area contributed by atoms with Crippen LogP contribution in [0.5, 0.6) is 0 Å². The van der Waals surface area contributed by atoms with Crippen LogP contribution in [-0.4, -0.2) is 22.6 Å². The van der Waals surface area contributed by atoms with Crippen molar-refractivity contribution in [2.75, 3.05) is 11.5 Å². The Bertz CT molecular complexity index is 205. The van der Waals surface area contributed by atoms with E-state index in [1.54, 1.807) is 0 Å². The van der Waals surface area contributed by atoms with Gasteiger partial charge in [-0.3, -0.25) is 4.79 Å². The quantitative estimate of drug-likeness (QED) is 0.506. The van der Waals surface area contributed by atoms with Crippen molar-refractivity contribution < 1.29 is 4.79 Å². The first-order chi connectivity index (χ1) is 5.83. The lowest BCUT2D eigenvalue weighted by molar-refractivity contribution is -0.118. The fourth-order valence-electron chi connectivity index (χ4n) is 1.29. The van der Waals surface area contributed by atoms with E-state index in [9.17, 15) is 4.79 Å². The molecule has 0 bridgehead atoms. The summed E-state index contributed by atoms with van der Waals surface area (Å²) < 4.78 is 0. The molecule has 4 heteroatoms. The maximum Gasteiger partial charge on any atom is 0.254 e. The van der Waals surface area contributed by atoms with E-state index >= 15 is 0 Å². The predicted molar refractivity (Wildman–Crippen MR) is 54.7 cm³/mol. The van der Waals surface area contributed by atoms with Crippen LogP contribution in [0.25, 0.3) is 0 Å². The average molecular weight is 201 g/mol. The number of amides is 1. The van der Waals surface area contributed by atoms with E-state index in [2.05, 4.69) is 22.4 Å². The zero-order valence-corrected chi connectivity index (χ0v) is 8.42. The molecule has 2 nitrogen and oxygen atoms in total. The van der Waals surface area contributed by atoms with Crippen LogP contribution in [0, 0.1) is 5.92 Å². The van der Waals surface area contributed by atoms with Crippen LogP contribution in [0.2, 0.25) is 0 Å². The largest absolute Gasteiger partial charge is 0.272 e. The number of aliphatic imine (C=N–C) groups is 1. The summed E-state index contributed by atoms with van der Waals surface area (Å²) >= 11 is 6.32. The molecule has 1 rings (SSSR count). The maximum absolute atomic E-state index is 11.0. The lowest BCUT2D eigenvalue weighted by Crippen LogP contribution is -2.13. The minimum absolute atomic E-state index is 0.109. The van der Waals surface area contributed by atoms with Crippen LogP contribution >= 0.6 is 24.0 Å². The second-order valence-electron chi connectivity index (χ2n) is 2.86. The van der Waals surface area contributed by atoms with E-state index in [0.29, 0.717) is 12.3 Å². The number of isothiocyanates is 1. The first kappa shape index (κ1) is 9.90. The summed E-state index contributed by atoms with van der Waals surface area (Å²) in [7, 11) is 0. The summed E-state index contributed by atoms with van der Waals surface area (Å²) in [6.07, 6.45) is 2.84. The number of nitrogens with zero attached hydrogens (tertiary/aromatic N) is 1. The van der Waals surface area contributed by atoms with Crippen molar-refractivity contribution in [3.63, 3.8) is 0 Å². The topological polar surface area (TPSA) is 29.4 Å². The lowest BCUT2D eigenvalue weighted by atomic mass is 9.99. The number of hydrogen-bond acceptors (Lipinski definition) is 3. The van der Waals surface area contributed by atoms with E-state index < -0.39 is 0 Å². The predicted octanol–water partition coefficient (Wildman–Crippen LogP) is 2.15. The van der Waals surface area contributed by atoms with Gasteiger partial charge in [0.25, 0.3) is 5.91 Å². The van der Waals surface area contributed by atoms with Gasteiger partial charge >= 0.3 is 0 Å². The fraction of sp³-hybridized carbons (Fsp3) is 0.750. The van der Waals surface area contributed by atoms with E-state index in [4.69, 9.17) is 0 Å². The fourth-order valence-corrected chi connectivity index (χ4v) is 2.60. The minimum Gasteiger partial charge on any atom is -0.272 e. The highest BCUT2D eigenvalue weighted by atomic mass is 32.2. The summed E-state index contributed by atoms with van der Waals surface area (Å²) in [5, 5.41) is 2.11. The summed E-state index contributed by atoms with van der Waals surface area (Å²) in [6, 6.07) is 0. The van der Waals surface area contributed by atoms with Gasteiger partial charge in [0.1, 0.15) is 0 Å². The van der Waals surface area contributed by atoms with Gasteiger partial charge in [-0.1, -0.05) is 0 Å². The molecule has 1 fully saturated rings. The van der Waals surface area contributed by atoms with Crippen LogP contribution in [0.15, 0.2) is 4.99 Å². The molecule has 0 aromatic heterocycles. The molecule has 0 saturated carbocycles. The third-order valence-electron chi connectivity index (χ3n) is 1.97. The van der Waals surface area contributed by atoms with Crippen molar-refractivity contribution in [1.29, 1.82) is 0 Å². The Labute approximate surface area is 81.8 Å². The van der Waals surface area contributed by atoms with Crippen molar-refractivity contribution >= 4 is 35.0 Å². The summed E-state index contributed by atoms with van der Waals surface area (Å²) in [5.74, 6) is 2.78. The SMILES string of the molecule is O=C(CC1CCSCC1)N=C=S. The highest BCUT2D eigenvalue weighted by Crippen LogP contribution is 2.25. The Morgan fingerprint density at radius 2 is 2.25 bits per heavy atom. The molecule has 1 amide bonds. The van der Waals surface area contributed by atoms with Crippen molar-refractivity contribution in [3.05, 3.63) is 0 Å². The van der Waals surface area contributed by atoms with Gasteiger partial charge in [0.2, 0.25) is 0 Å². The molecule has 0 unspecified atom stereocenters. The normalized spacial score (nSPS) is 18.3. The molecule has 1 saturated heterocycles. The molecule has 0 aromatic rings. The number of carbonyl (C=O) groups excluding carboxylic acids is 1. The van der Waals surface area contributed by atoms with Crippen molar-refractivity contribution in [3.8, 4) is 0 Å². The van der Waals surface area contributed by atoms with Crippen LogP contribution < -0.4 is 0 Å². The lowest BCUT2D eigenvalue weighted by Gasteiger charge is -2.19. The third-order valence-corrected chi connectivity index (χ3v) is 3.11. The summed E-state index contributed by atoms with van der Waals surface area (Å²) in [6.45, 7) is 0. The molecule has 1 aliphatic heterocycles. The Morgan fingerprint density at radius 1 is 1.58 bits per heavy atom. The second kappa shape index (κ2) is 5.46. The molecule has 66 valence electrons. The minimum atomic E-state index is -0.109. The van der Waals surface area contributed by atoms with Gasteiger partial charge in [-0.05, 0) is 42.5 Å². The van der Waals surface area contributed by atoms with Crippen LogP contribution in [0.1, 0.15) is 19.3 Å². The van der Waals surface area contributed by atoms with Crippen LogP contribution in [-0.2, 0) is 4.79 Å². The Kier molecular flexibility index (Phi) is 4.51. The first-order valence-corrected chi connectivity index (χ1v) is 5.57. The van der Waals surface area contributed by atoms with Gasteiger partial charge in [0.15, 0.2) is 0 Å². The van der Waals surface area contributed by atoms with E-state index in [1.807, 2.05) is 11.8 Å². The molecular weight excluding hydrogens is 190 g/mol. The van der Waals surface area contributed by atoms with Gasteiger partial charge < -0.3 is 0 Å². The van der Waals surface area contributed by atoms with Gasteiger partial charge in [-0.15, -0.1) is 0 Å². The molecule has 12 heavy (non-hydrogen) atoms. The number of hydrogen-bond donors (Lipinski definition) is 0. The number of rotatable bonds is 2. The van der Waals surface area contributed by atoms with Crippen molar-refractivity contribution in [1.82, 2.24) is 0 Å². The van der Waals surface area contributed by atoms with Crippen molar-refractivity contribution in [2.24, 2.45) is 10.9 Å². The molecule has 1 heterocycles. The molecule has 0 radical (unpaired) electrons. The van der Waals surface area contributed by atoms with E-state index in [1.165, 1.54) is 11.5 Å². The van der Waals surface area contributed by atoms with Gasteiger partial charge in [0.05, 0.1) is 5.16 Å². The van der Waals surface area contributed by atoms with Crippen LogP contribution in [0.4, 0.5) is 0 Å². The number of carbonyl (C=O) groups is 1. The smallest absolute Gasteiger partial charge is 0.254 e. The standard InChI is InChI=1S/C8H11NOS2/c10-8(9-6-11)5-7-1-3-12-4-2-7/h7H,1-5H2. The highest BCUT2D eigenvalue weighted by molar-refractivity contribution is 7.99. The second-order valence-corrected chi connectivity index (χ2v) is 4.26. The monoisotopic (exact) mass is 201 g/mol. The third kappa shape index (κ3) is 3.48. The molecular formula is C8H11NOS2. The van der Waals surface area contributed by atoms with Gasteiger partial charge in [-0.2, -0.15) is 16.8 Å². The summed E-state index contributed by atoms with van der Waals surface area (Å²) in [5.41, 5.74) is 0. The molecule has 0 aromatic carbocycles. The Hall–Kier alpha value is -0.180. The highest BCUT2D eigenvalue weighted by Gasteiger charge is 2.16. The zero-order chi connectivity index (χ0) is 8.81. The maximum atomic E-state index is 11.0. The number of thioether (sulfide) groups is 1. The average Bonchev–Trinajstić information content (AvgIpc) is 2.06. The van der Waals surface area contributed by atoms with Crippen molar-refractivity contribution in [2.45, 2.75) is 19.3 Å². The first-order valence-electron chi connectivity index (χ1n) is 4.01. The zero-order valence-electron chi connectivity index (χ0n) is 6.78. The van der Waals surface area contributed by atoms with Gasteiger partial charge in [-0.25, -0.2) is 0 Å². The molecule has 1 aliphatic rings. The van der Waals surface area contributed by atoms with E-state index in [-0.39, 0.29) is 5.91 Å². The van der Waals surface area contributed by atoms with Gasteiger partial charge in [0, 0.05) is 6.42 Å². The summed E-state index contributed by atoms with van der Waals surface area (Å²) in [4.78, 5) is 14.4. The Balaban J connectivity index is 2.29. The molecule has 0 N–H and O–H groups in total.